The van der Waals surface area contributed by atoms with E-state index in [0.717, 1.165) is 6.07 Å². The molecule has 1 N–H and O–H groups in total. The summed E-state index contributed by atoms with van der Waals surface area (Å²) in [6.45, 7) is -0.378. The molecule has 3 aromatic rings. The second-order valence-corrected chi connectivity index (χ2v) is 10.4. The lowest BCUT2D eigenvalue weighted by atomic mass is 10.0. The Morgan fingerprint density at radius 2 is 1.76 bits per heavy atom. The fourth-order valence-electron chi connectivity index (χ4n) is 4.20. The van der Waals surface area contributed by atoms with Gasteiger partial charge in [0.05, 0.1) is 27.1 Å². The van der Waals surface area contributed by atoms with Crippen LogP contribution in [0.25, 0.3) is 0 Å². The number of benzene rings is 3. The third-order valence-corrected chi connectivity index (χ3v) is 8.32. The molecule has 0 aromatic heterocycles. The second-order valence-electron chi connectivity index (χ2n) is 7.83. The number of para-hydroxylation sites is 1. The lowest BCUT2D eigenvalue weighted by Gasteiger charge is -2.41. The topological polar surface area (TPSA) is 125 Å². The van der Waals surface area contributed by atoms with E-state index in [1.165, 1.54) is 24.3 Å². The van der Waals surface area contributed by atoms with E-state index in [1.807, 2.05) is 0 Å². The molecule has 1 saturated heterocycles. The van der Waals surface area contributed by atoms with Crippen LogP contribution in [0.2, 0.25) is 5.02 Å². The van der Waals surface area contributed by atoms with Crippen molar-refractivity contribution in [3.63, 3.8) is 0 Å². The Kier molecular flexibility index (Phi) is 5.40. The van der Waals surface area contributed by atoms with Gasteiger partial charge in [0.2, 0.25) is 0 Å². The van der Waals surface area contributed by atoms with E-state index < -0.39 is 37.8 Å². The maximum atomic E-state index is 13.6. The quantitative estimate of drug-likeness (QED) is 0.424. The smallest absolute Gasteiger partial charge is 0.289 e. The van der Waals surface area contributed by atoms with E-state index in [2.05, 4.69) is 5.32 Å². The van der Waals surface area contributed by atoms with Gasteiger partial charge in [-0.3, -0.25) is 14.9 Å². The lowest BCUT2D eigenvalue weighted by Crippen LogP contribution is -2.52. The first kappa shape index (κ1) is 22.5. The van der Waals surface area contributed by atoms with Crippen molar-refractivity contribution in [3.05, 3.63) is 99.1 Å². The van der Waals surface area contributed by atoms with E-state index in [0.29, 0.717) is 11.3 Å². The zero-order valence-electron chi connectivity index (χ0n) is 17.4. The summed E-state index contributed by atoms with van der Waals surface area (Å²) >= 11 is 6.38. The van der Waals surface area contributed by atoms with E-state index in [9.17, 15) is 23.3 Å². The normalized spacial score (nSPS) is 24.0. The van der Waals surface area contributed by atoms with Gasteiger partial charge in [0.25, 0.3) is 17.4 Å². The Balaban J connectivity index is 1.65. The van der Waals surface area contributed by atoms with Crippen molar-refractivity contribution in [2.45, 2.75) is 22.0 Å². The Labute approximate surface area is 199 Å². The number of carbonyl (C=O) groups excluding carboxylic acids is 1. The number of rotatable bonds is 4. The molecule has 0 radical (unpaired) electrons. The number of fused-ring (bicyclic) bond motifs is 2. The molecular formula is C23H17ClN2O7S. The van der Waals surface area contributed by atoms with Gasteiger partial charge in [-0.2, -0.15) is 0 Å². The molecule has 11 heteroatoms. The standard InChI is InChI=1S/C23H17ClN2O7S/c24-18-12-14(26(28)29)10-11-16(18)21-20(34(30,31)15-6-2-1-3-7-15)13-32-23(33-21)17-8-4-5-9-19(17)25-22(23)27/h1-12,20-21H,13H2,(H,25,27)/t20-,21?,23?/m1/s1. The molecule has 0 saturated carbocycles. The number of ether oxygens (including phenoxy) is 2. The highest BCUT2D eigenvalue weighted by atomic mass is 35.5. The van der Waals surface area contributed by atoms with Crippen LogP contribution in [0, 0.1) is 10.1 Å². The predicted octanol–water partition coefficient (Wildman–Crippen LogP) is 3.98. The number of amides is 1. The minimum absolute atomic E-state index is 0.0439. The molecule has 1 fully saturated rings. The fraction of sp³-hybridized carbons (Fsp3) is 0.174. The second kappa shape index (κ2) is 8.17. The monoisotopic (exact) mass is 500 g/mol. The van der Waals surface area contributed by atoms with E-state index in [4.69, 9.17) is 21.1 Å². The molecule has 0 aliphatic carbocycles. The van der Waals surface area contributed by atoms with E-state index in [-0.39, 0.29) is 27.8 Å². The number of nitrogens with one attached hydrogen (secondary N) is 1. The van der Waals surface area contributed by atoms with E-state index in [1.54, 1.807) is 42.5 Å². The average Bonchev–Trinajstić information content (AvgIpc) is 3.10. The van der Waals surface area contributed by atoms with Crippen LogP contribution >= 0.6 is 11.6 Å². The molecule has 1 amide bonds. The number of nitro groups is 1. The third kappa shape index (κ3) is 3.46. The van der Waals surface area contributed by atoms with Gasteiger partial charge in [-0.25, -0.2) is 8.42 Å². The van der Waals surface area contributed by atoms with Crippen molar-refractivity contribution >= 4 is 38.7 Å². The summed E-state index contributed by atoms with van der Waals surface area (Å²) in [5, 5.41) is 12.5. The highest BCUT2D eigenvalue weighted by Crippen LogP contribution is 2.49. The lowest BCUT2D eigenvalue weighted by molar-refractivity contribution is -0.384. The van der Waals surface area contributed by atoms with Crippen molar-refractivity contribution in [1.82, 2.24) is 0 Å². The summed E-state index contributed by atoms with van der Waals surface area (Å²) in [5.74, 6) is -2.50. The minimum Gasteiger partial charge on any atom is -0.337 e. The minimum atomic E-state index is -4.02. The molecular weight excluding hydrogens is 484 g/mol. The first-order valence-electron chi connectivity index (χ1n) is 10.2. The SMILES string of the molecule is O=C1Nc2ccccc2C12OC[C@@H](S(=O)(=O)c1ccccc1)C(c1ccc([N+](=O)[O-])cc1Cl)O2. The van der Waals surface area contributed by atoms with Crippen LogP contribution in [0.3, 0.4) is 0 Å². The number of hydrogen-bond donors (Lipinski definition) is 1. The average molecular weight is 501 g/mol. The van der Waals surface area contributed by atoms with Crippen molar-refractivity contribution in [3.8, 4) is 0 Å². The summed E-state index contributed by atoms with van der Waals surface area (Å²) < 4.78 is 39.2. The van der Waals surface area contributed by atoms with Gasteiger partial charge in [0.1, 0.15) is 11.4 Å². The van der Waals surface area contributed by atoms with E-state index >= 15 is 0 Å². The number of nitro benzene ring substituents is 1. The molecule has 34 heavy (non-hydrogen) atoms. The summed E-state index contributed by atoms with van der Waals surface area (Å²) in [4.78, 5) is 23.6. The van der Waals surface area contributed by atoms with Gasteiger partial charge in [-0.15, -0.1) is 0 Å². The van der Waals surface area contributed by atoms with Gasteiger partial charge in [0, 0.05) is 23.3 Å². The summed E-state index contributed by atoms with van der Waals surface area (Å²) in [5.41, 5.74) is 0.808. The molecule has 2 heterocycles. The summed E-state index contributed by atoms with van der Waals surface area (Å²) in [6, 6.07) is 18.2. The first-order valence-corrected chi connectivity index (χ1v) is 12.1. The van der Waals surface area contributed by atoms with Crippen LogP contribution in [0.15, 0.2) is 77.7 Å². The maximum Gasteiger partial charge on any atom is 0.289 e. The molecule has 174 valence electrons. The Morgan fingerprint density at radius 3 is 2.47 bits per heavy atom. The Morgan fingerprint density at radius 1 is 1.06 bits per heavy atom. The number of hydrogen-bond acceptors (Lipinski definition) is 7. The van der Waals surface area contributed by atoms with Crippen molar-refractivity contribution in [2.75, 3.05) is 11.9 Å². The van der Waals surface area contributed by atoms with Crippen LogP contribution in [0.4, 0.5) is 11.4 Å². The Bertz CT molecular complexity index is 1410. The van der Waals surface area contributed by atoms with Crippen LogP contribution in [0.1, 0.15) is 17.2 Å². The molecule has 9 nitrogen and oxygen atoms in total. The van der Waals surface area contributed by atoms with Gasteiger partial charge < -0.3 is 14.8 Å². The number of carbonyl (C=O) groups is 1. The van der Waals surface area contributed by atoms with Gasteiger partial charge in [-0.1, -0.05) is 48.0 Å². The Hall–Kier alpha value is -3.31. The van der Waals surface area contributed by atoms with Crippen molar-refractivity contribution in [1.29, 1.82) is 0 Å². The molecule has 2 aliphatic heterocycles. The van der Waals surface area contributed by atoms with Crippen molar-refractivity contribution < 1.29 is 27.6 Å². The molecule has 0 bridgehead atoms. The summed E-state index contributed by atoms with van der Waals surface area (Å²) in [6.07, 6.45) is -1.26. The molecule has 3 aromatic carbocycles. The van der Waals surface area contributed by atoms with Crippen LogP contribution in [-0.2, 0) is 29.9 Å². The largest absolute Gasteiger partial charge is 0.337 e. The summed E-state index contributed by atoms with van der Waals surface area (Å²) in [7, 11) is -4.02. The van der Waals surface area contributed by atoms with Crippen LogP contribution in [0.5, 0.6) is 0 Å². The van der Waals surface area contributed by atoms with Crippen molar-refractivity contribution in [2.24, 2.45) is 0 Å². The fourth-order valence-corrected chi connectivity index (χ4v) is 6.15. The molecule has 2 unspecified atom stereocenters. The van der Waals surface area contributed by atoms with Crippen LogP contribution < -0.4 is 5.32 Å². The zero-order valence-corrected chi connectivity index (χ0v) is 19.0. The number of non-ortho nitro benzene ring substituents is 1. The highest BCUT2D eigenvalue weighted by molar-refractivity contribution is 7.92. The van der Waals surface area contributed by atoms with Gasteiger partial charge in [0.15, 0.2) is 9.84 Å². The highest BCUT2D eigenvalue weighted by Gasteiger charge is 2.57. The van der Waals surface area contributed by atoms with Gasteiger partial charge in [-0.05, 0) is 24.3 Å². The first-order chi connectivity index (χ1) is 16.2. The number of halogens is 1. The zero-order chi connectivity index (χ0) is 24.1. The molecule has 2 aliphatic rings. The number of anilines is 1. The number of sulfone groups is 1. The molecule has 3 atom stereocenters. The van der Waals surface area contributed by atoms with Gasteiger partial charge >= 0.3 is 0 Å². The molecule has 5 rings (SSSR count). The van der Waals surface area contributed by atoms with Crippen LogP contribution in [-0.4, -0.2) is 31.1 Å². The molecule has 1 spiro atoms. The third-order valence-electron chi connectivity index (χ3n) is 5.88. The maximum absolute atomic E-state index is 13.6. The number of nitrogens with zero attached hydrogens (tertiary/aromatic N) is 1. The predicted molar refractivity (Wildman–Crippen MR) is 122 cm³/mol.